The van der Waals surface area contributed by atoms with Crippen LogP contribution in [0.5, 0.6) is 0 Å². The van der Waals surface area contributed by atoms with Gasteiger partial charge in [0.25, 0.3) is 0 Å². The summed E-state index contributed by atoms with van der Waals surface area (Å²) >= 11 is 0. The fourth-order valence-corrected chi connectivity index (χ4v) is 5.96. The molecule has 2 aromatic heterocycles. The van der Waals surface area contributed by atoms with Gasteiger partial charge in [0.05, 0.1) is 24.6 Å². The van der Waals surface area contributed by atoms with Gasteiger partial charge in [-0.3, -0.25) is 18.1 Å². The average Bonchev–Trinajstić information content (AvgIpc) is 3.48. The topological polar surface area (TPSA) is 159 Å². The highest BCUT2D eigenvalue weighted by molar-refractivity contribution is 7.48. The molecule has 5 atom stereocenters. The molecule has 3 aromatic rings. The van der Waals surface area contributed by atoms with E-state index in [0.717, 1.165) is 5.56 Å². The van der Waals surface area contributed by atoms with Crippen LogP contribution in [0.4, 0.5) is 10.6 Å². The maximum atomic E-state index is 13.6. The summed E-state index contributed by atoms with van der Waals surface area (Å²) in [6.07, 6.45) is -0.383. The van der Waals surface area contributed by atoms with Gasteiger partial charge in [0, 0.05) is 6.42 Å². The van der Waals surface area contributed by atoms with Crippen LogP contribution in [-0.4, -0.2) is 56.7 Å². The second-order valence-corrected chi connectivity index (χ2v) is 10.9. The Kier molecular flexibility index (Phi) is 6.90. The molecule has 0 spiro atoms. The highest BCUT2D eigenvalue weighted by Crippen LogP contribution is 2.61. The van der Waals surface area contributed by atoms with E-state index in [1.54, 1.807) is 11.5 Å². The van der Waals surface area contributed by atoms with Crippen LogP contribution in [0, 0.1) is 0 Å². The zero-order chi connectivity index (χ0) is 26.2. The average molecular weight is 533 g/mol. The van der Waals surface area contributed by atoms with Crippen LogP contribution in [0.3, 0.4) is 0 Å². The van der Waals surface area contributed by atoms with Gasteiger partial charge >= 0.3 is 14.0 Å². The molecule has 2 fully saturated rings. The molecule has 0 saturated carbocycles. The minimum absolute atomic E-state index is 0.0659. The normalized spacial score (nSPS) is 26.9. The molecule has 2 N–H and O–H groups in total. The minimum Gasteiger partial charge on any atom is -0.430 e. The summed E-state index contributed by atoms with van der Waals surface area (Å²) in [7, 11) is -4.03. The molecule has 0 amide bonds. The highest BCUT2D eigenvalue weighted by Gasteiger charge is 2.46. The molecule has 0 aliphatic carbocycles. The standard InChI is InChI=1S/C23H28N5O8P/c1-14(28-13-27-19-20(24)25-12-26-21(19)28)33-18(17-10-31-22(29)34-17)11-32-37(30)35-16(9-23(2,3)36-37)15-7-5-4-6-8-15/h4-8,12-14,16-18H,9-11H2,1-3H3,(H2,24,25,26)/t14-,16+,17+,18-,37?/m1/s1. The fraction of sp³-hybridized carbons (Fsp3) is 0.478. The van der Waals surface area contributed by atoms with Gasteiger partial charge < -0.3 is 19.9 Å². The van der Waals surface area contributed by atoms with Gasteiger partial charge in [-0.05, 0) is 26.3 Å². The quantitative estimate of drug-likeness (QED) is 0.329. The smallest absolute Gasteiger partial charge is 0.430 e. The number of carbonyl (C=O) groups excluding carboxylic acids is 1. The number of hydrogen-bond acceptors (Lipinski definition) is 12. The number of ether oxygens (including phenoxy) is 3. The van der Waals surface area contributed by atoms with E-state index in [1.807, 2.05) is 44.2 Å². The van der Waals surface area contributed by atoms with Crippen LogP contribution in [-0.2, 0) is 32.3 Å². The number of phosphoric ester groups is 1. The maximum absolute atomic E-state index is 13.6. The van der Waals surface area contributed by atoms with E-state index in [0.29, 0.717) is 17.6 Å². The number of carbonyl (C=O) groups is 1. The van der Waals surface area contributed by atoms with Crippen LogP contribution in [0.15, 0.2) is 43.0 Å². The van der Waals surface area contributed by atoms with Crippen LogP contribution >= 0.6 is 7.82 Å². The zero-order valence-electron chi connectivity index (χ0n) is 20.6. The Morgan fingerprint density at radius 2 is 2.03 bits per heavy atom. The molecule has 13 nitrogen and oxygen atoms in total. The molecule has 5 rings (SSSR count). The molecule has 2 saturated heterocycles. The number of fused-ring (bicyclic) bond motifs is 1. The molecule has 0 radical (unpaired) electrons. The van der Waals surface area contributed by atoms with Crippen molar-refractivity contribution in [1.29, 1.82) is 0 Å². The largest absolute Gasteiger partial charge is 0.508 e. The number of hydrogen-bond donors (Lipinski definition) is 1. The number of rotatable bonds is 8. The molecule has 2 aliphatic heterocycles. The number of imidazole rings is 1. The summed E-state index contributed by atoms with van der Waals surface area (Å²) < 4.78 is 49.0. The lowest BCUT2D eigenvalue weighted by atomic mass is 9.96. The highest BCUT2D eigenvalue weighted by atomic mass is 31.2. The zero-order valence-corrected chi connectivity index (χ0v) is 21.4. The summed E-state index contributed by atoms with van der Waals surface area (Å²) in [6, 6.07) is 9.44. The van der Waals surface area contributed by atoms with Crippen molar-refractivity contribution >= 4 is 31.0 Å². The van der Waals surface area contributed by atoms with Crippen LogP contribution in [0.1, 0.15) is 45.1 Å². The number of aromatic nitrogens is 4. The predicted octanol–water partition coefficient (Wildman–Crippen LogP) is 3.93. The van der Waals surface area contributed by atoms with E-state index in [4.69, 9.17) is 33.5 Å². The first-order valence-corrected chi connectivity index (χ1v) is 13.2. The Balaban J connectivity index is 1.34. The number of anilines is 1. The van der Waals surface area contributed by atoms with E-state index in [-0.39, 0.29) is 19.0 Å². The van der Waals surface area contributed by atoms with E-state index < -0.39 is 44.1 Å². The van der Waals surface area contributed by atoms with Gasteiger partial charge in [0.2, 0.25) is 0 Å². The minimum atomic E-state index is -4.03. The second-order valence-electron chi connectivity index (χ2n) is 9.38. The van der Waals surface area contributed by atoms with Crippen molar-refractivity contribution in [2.24, 2.45) is 0 Å². The molecule has 0 bridgehead atoms. The second kappa shape index (κ2) is 9.99. The third-order valence-electron chi connectivity index (χ3n) is 6.04. The van der Waals surface area contributed by atoms with Gasteiger partial charge in [0.1, 0.15) is 30.8 Å². The van der Waals surface area contributed by atoms with Crippen LogP contribution in [0.25, 0.3) is 11.2 Å². The number of nitrogens with zero attached hydrogens (tertiary/aromatic N) is 4. The number of cyclic esters (lactones) is 2. The molecular formula is C23H28N5O8P. The van der Waals surface area contributed by atoms with E-state index in [2.05, 4.69) is 15.0 Å². The van der Waals surface area contributed by atoms with Crippen molar-refractivity contribution in [1.82, 2.24) is 19.5 Å². The summed E-state index contributed by atoms with van der Waals surface area (Å²) in [4.78, 5) is 24.1. The summed E-state index contributed by atoms with van der Waals surface area (Å²) in [5, 5.41) is 0. The number of nitrogens with two attached hydrogens (primary N) is 1. The van der Waals surface area contributed by atoms with Gasteiger partial charge in [-0.1, -0.05) is 30.3 Å². The maximum Gasteiger partial charge on any atom is 0.508 e. The number of nitrogen functional groups attached to an aromatic ring is 1. The number of benzene rings is 1. The van der Waals surface area contributed by atoms with Gasteiger partial charge in [-0.25, -0.2) is 24.3 Å². The van der Waals surface area contributed by atoms with Crippen molar-refractivity contribution in [3.8, 4) is 0 Å². The molecular weight excluding hydrogens is 505 g/mol. The third-order valence-corrected chi connectivity index (χ3v) is 7.73. The molecule has 4 heterocycles. The predicted molar refractivity (Wildman–Crippen MR) is 129 cm³/mol. The lowest BCUT2D eigenvalue weighted by Gasteiger charge is -2.39. The van der Waals surface area contributed by atoms with Crippen molar-refractivity contribution in [2.45, 2.75) is 57.3 Å². The Labute approximate surface area is 212 Å². The van der Waals surface area contributed by atoms with Crippen molar-refractivity contribution in [2.75, 3.05) is 18.9 Å². The fourth-order valence-electron chi connectivity index (χ4n) is 4.28. The molecule has 1 unspecified atom stereocenters. The van der Waals surface area contributed by atoms with Gasteiger partial charge in [-0.15, -0.1) is 0 Å². The summed E-state index contributed by atoms with van der Waals surface area (Å²) in [6.45, 7) is 5.05. The van der Waals surface area contributed by atoms with E-state index in [1.165, 1.54) is 12.7 Å². The molecule has 37 heavy (non-hydrogen) atoms. The molecule has 2 aliphatic rings. The lowest BCUT2D eigenvalue weighted by molar-refractivity contribution is -0.116. The first-order valence-electron chi connectivity index (χ1n) is 11.7. The van der Waals surface area contributed by atoms with Crippen LogP contribution < -0.4 is 5.73 Å². The monoisotopic (exact) mass is 533 g/mol. The van der Waals surface area contributed by atoms with E-state index >= 15 is 0 Å². The van der Waals surface area contributed by atoms with Crippen LogP contribution in [0.2, 0.25) is 0 Å². The van der Waals surface area contributed by atoms with Gasteiger partial charge in [0.15, 0.2) is 17.6 Å². The summed E-state index contributed by atoms with van der Waals surface area (Å²) in [5.74, 6) is 0.231. The van der Waals surface area contributed by atoms with Crippen molar-refractivity contribution < 1.29 is 37.1 Å². The lowest BCUT2D eigenvalue weighted by Crippen LogP contribution is -2.38. The Morgan fingerprint density at radius 3 is 2.76 bits per heavy atom. The molecule has 14 heteroatoms. The number of phosphoric acid groups is 1. The summed E-state index contributed by atoms with van der Waals surface area (Å²) in [5.41, 5.74) is 6.84. The van der Waals surface area contributed by atoms with Crippen molar-refractivity contribution in [3.63, 3.8) is 0 Å². The van der Waals surface area contributed by atoms with Gasteiger partial charge in [-0.2, -0.15) is 0 Å². The van der Waals surface area contributed by atoms with E-state index in [9.17, 15) is 9.36 Å². The Hall–Kier alpha value is -3.09. The van der Waals surface area contributed by atoms with Crippen molar-refractivity contribution in [3.05, 3.63) is 48.5 Å². The third kappa shape index (κ3) is 5.60. The molecule has 1 aromatic carbocycles. The first-order chi connectivity index (χ1) is 17.6. The SMILES string of the molecule is C[C@@H](O[C@H](COP1(=O)O[C@H](c2ccccc2)CC(C)(C)O1)[C@@H]1COC(=O)O1)n1cnc2c(N)ncnc21. The Bertz CT molecular complexity index is 1320. The first kappa shape index (κ1) is 25.6. The Morgan fingerprint density at radius 1 is 1.24 bits per heavy atom. The molecule has 198 valence electrons.